The summed E-state index contributed by atoms with van der Waals surface area (Å²) in [5.41, 5.74) is -1.48. The third-order valence-electron chi connectivity index (χ3n) is 7.94. The lowest BCUT2D eigenvalue weighted by molar-refractivity contribution is -0.388. The number of pyridine rings is 1. The highest BCUT2D eigenvalue weighted by atomic mass is 32.1. The van der Waals surface area contributed by atoms with Crippen LogP contribution < -0.4 is 20.3 Å². The van der Waals surface area contributed by atoms with Gasteiger partial charge in [0.25, 0.3) is 5.69 Å². The van der Waals surface area contributed by atoms with E-state index in [-0.39, 0.29) is 17.8 Å². The molecule has 0 unspecified atom stereocenters. The first-order valence-corrected chi connectivity index (χ1v) is 14.9. The highest BCUT2D eigenvalue weighted by Gasteiger charge is 2.38. The molecule has 16 heteroatoms. The molecule has 2 heterocycles. The van der Waals surface area contributed by atoms with Crippen LogP contribution in [0.3, 0.4) is 0 Å². The van der Waals surface area contributed by atoms with E-state index in [9.17, 15) is 36.5 Å². The second-order valence-corrected chi connectivity index (χ2v) is 11.5. The van der Waals surface area contributed by atoms with E-state index in [1.807, 2.05) is 11.0 Å². The van der Waals surface area contributed by atoms with Crippen LogP contribution in [0.4, 0.5) is 49.1 Å². The van der Waals surface area contributed by atoms with Gasteiger partial charge in [-0.3, -0.25) is 15.1 Å². The summed E-state index contributed by atoms with van der Waals surface area (Å²) in [6, 6.07) is 9.43. The summed E-state index contributed by atoms with van der Waals surface area (Å²) in [6.45, 7) is 2.45. The molecule has 1 aliphatic carbocycles. The van der Waals surface area contributed by atoms with Crippen molar-refractivity contribution in [3.8, 4) is 5.75 Å². The van der Waals surface area contributed by atoms with Crippen LogP contribution in [0.15, 0.2) is 60.9 Å². The van der Waals surface area contributed by atoms with Gasteiger partial charge in [0.2, 0.25) is 0 Å². The van der Waals surface area contributed by atoms with Crippen molar-refractivity contribution in [3.05, 3.63) is 82.2 Å². The Morgan fingerprint density at radius 3 is 2.15 bits per heavy atom. The molecule has 0 radical (unpaired) electrons. The van der Waals surface area contributed by atoms with Crippen molar-refractivity contribution in [1.82, 2.24) is 9.88 Å². The first-order chi connectivity index (χ1) is 21.8. The Labute approximate surface area is 265 Å². The van der Waals surface area contributed by atoms with Crippen LogP contribution in [-0.4, -0.2) is 58.2 Å². The zero-order chi connectivity index (χ0) is 33.1. The number of thiocarbonyl (C=S) groups is 1. The van der Waals surface area contributed by atoms with E-state index in [1.54, 1.807) is 12.4 Å². The Morgan fingerprint density at radius 1 is 0.891 bits per heavy atom. The molecule has 1 saturated carbocycles. The van der Waals surface area contributed by atoms with Crippen LogP contribution in [0, 0.1) is 10.1 Å². The van der Waals surface area contributed by atoms with Crippen molar-refractivity contribution < 1.29 is 36.0 Å². The molecule has 2 fully saturated rings. The number of piperazine rings is 1. The third kappa shape index (κ3) is 8.27. The maximum absolute atomic E-state index is 13.3. The minimum absolute atomic E-state index is 0.108. The van der Waals surface area contributed by atoms with E-state index in [4.69, 9.17) is 17.0 Å². The number of nitrogens with zero attached hydrogens (tertiary/aromatic N) is 4. The maximum atomic E-state index is 13.3. The fraction of sp³-hybridized carbons (Fsp3) is 0.400. The van der Waals surface area contributed by atoms with Crippen molar-refractivity contribution in [2.45, 2.75) is 50.2 Å². The van der Waals surface area contributed by atoms with Crippen LogP contribution in [0.2, 0.25) is 0 Å². The van der Waals surface area contributed by atoms with E-state index >= 15 is 0 Å². The van der Waals surface area contributed by atoms with E-state index in [0.29, 0.717) is 68.4 Å². The van der Waals surface area contributed by atoms with Crippen molar-refractivity contribution in [2.24, 2.45) is 0 Å². The van der Waals surface area contributed by atoms with Crippen LogP contribution in [0.5, 0.6) is 5.75 Å². The minimum atomic E-state index is -4.84. The standard InChI is InChI=1S/C30H30F6N6O3S/c31-29(32,33)19-1-3-21(4-2-19)39-28(46)41-13-11-40(12-14-41)23-16-25(18-37-17-23)45-24-8-5-20(6-9-24)38-22-7-10-27(42(43)44)26(15-22)30(34,35)36/h1-4,7,10,15-18,20,24,38H,5-6,8-9,11-14H2,(H,39,46)/t20-,24-. The topological polar surface area (TPSA) is 95.8 Å². The zero-order valence-corrected chi connectivity index (χ0v) is 25.1. The number of rotatable bonds is 7. The smallest absolute Gasteiger partial charge is 0.423 e. The van der Waals surface area contributed by atoms with Gasteiger partial charge in [-0.2, -0.15) is 26.3 Å². The lowest BCUT2D eigenvalue weighted by atomic mass is 9.92. The molecule has 2 aliphatic rings. The van der Waals surface area contributed by atoms with E-state index in [2.05, 4.69) is 20.5 Å². The summed E-state index contributed by atoms with van der Waals surface area (Å²) < 4.78 is 84.7. The van der Waals surface area contributed by atoms with Gasteiger partial charge in [-0.05, 0) is 74.3 Å². The van der Waals surface area contributed by atoms with Gasteiger partial charge in [0.1, 0.15) is 11.3 Å². The molecule has 1 saturated heterocycles. The van der Waals surface area contributed by atoms with Crippen LogP contribution in [-0.2, 0) is 12.4 Å². The Balaban J connectivity index is 1.09. The summed E-state index contributed by atoms with van der Waals surface area (Å²) in [6.07, 6.45) is -3.40. The normalized spacial score (nSPS) is 19.0. The van der Waals surface area contributed by atoms with E-state index < -0.39 is 34.1 Å². The summed E-state index contributed by atoms with van der Waals surface area (Å²) >= 11 is 5.48. The fourth-order valence-corrected chi connectivity index (χ4v) is 5.82. The van der Waals surface area contributed by atoms with Gasteiger partial charge in [-0.1, -0.05) is 0 Å². The SMILES string of the molecule is O=[N+]([O-])c1ccc(N[C@H]2CC[C@H](Oc3cncc(N4CCN(C(=S)Nc5ccc(C(F)(F)F)cc5)CC4)c3)CC2)cc1C(F)(F)F. The second-order valence-electron chi connectivity index (χ2n) is 11.1. The number of halogens is 6. The molecule has 0 atom stereocenters. The molecule has 1 aliphatic heterocycles. The van der Waals surface area contributed by atoms with E-state index in [1.165, 1.54) is 18.2 Å². The van der Waals surface area contributed by atoms with Crippen molar-refractivity contribution in [2.75, 3.05) is 41.7 Å². The molecule has 9 nitrogen and oxygen atoms in total. The molecule has 46 heavy (non-hydrogen) atoms. The summed E-state index contributed by atoms with van der Waals surface area (Å²) in [5.74, 6) is 0.598. The summed E-state index contributed by atoms with van der Waals surface area (Å²) in [5, 5.41) is 17.5. The van der Waals surface area contributed by atoms with Crippen molar-refractivity contribution in [1.29, 1.82) is 0 Å². The third-order valence-corrected chi connectivity index (χ3v) is 8.30. The number of hydrogen-bond acceptors (Lipinski definition) is 7. The highest BCUT2D eigenvalue weighted by molar-refractivity contribution is 7.80. The van der Waals surface area contributed by atoms with Crippen LogP contribution in [0.1, 0.15) is 36.8 Å². The molecule has 2 aromatic carbocycles. The summed E-state index contributed by atoms with van der Waals surface area (Å²) in [7, 11) is 0. The number of nitro groups is 1. The Morgan fingerprint density at radius 2 is 1.54 bits per heavy atom. The number of aromatic nitrogens is 1. The molecular formula is C30H30F6N6O3S. The average Bonchev–Trinajstić information content (AvgIpc) is 3.01. The predicted molar refractivity (Wildman–Crippen MR) is 164 cm³/mol. The Hall–Kier alpha value is -4.34. The summed E-state index contributed by atoms with van der Waals surface area (Å²) in [4.78, 5) is 18.4. The van der Waals surface area contributed by atoms with Gasteiger partial charge in [-0.25, -0.2) is 0 Å². The molecule has 246 valence electrons. The first kappa shape index (κ1) is 33.0. The van der Waals surface area contributed by atoms with Gasteiger partial charge in [0.05, 0.1) is 34.7 Å². The molecule has 0 spiro atoms. The minimum Gasteiger partial charge on any atom is -0.489 e. The van der Waals surface area contributed by atoms with Gasteiger partial charge in [0, 0.05) is 55.7 Å². The van der Waals surface area contributed by atoms with Gasteiger partial charge in [-0.15, -0.1) is 0 Å². The number of hydrogen-bond donors (Lipinski definition) is 2. The number of anilines is 3. The van der Waals surface area contributed by atoms with E-state index in [0.717, 1.165) is 30.0 Å². The number of nitrogens with one attached hydrogen (secondary N) is 2. The zero-order valence-electron chi connectivity index (χ0n) is 24.3. The molecule has 0 amide bonds. The molecule has 2 N–H and O–H groups in total. The number of benzene rings is 2. The Kier molecular flexibility index (Phi) is 9.74. The quantitative estimate of drug-likeness (QED) is 0.116. The first-order valence-electron chi connectivity index (χ1n) is 14.5. The maximum Gasteiger partial charge on any atom is 0.423 e. The number of nitro benzene ring substituents is 1. The van der Waals surface area contributed by atoms with Crippen LogP contribution >= 0.6 is 12.2 Å². The van der Waals surface area contributed by atoms with Crippen molar-refractivity contribution in [3.63, 3.8) is 0 Å². The number of ether oxygens (including phenoxy) is 1. The number of alkyl halides is 6. The highest BCUT2D eigenvalue weighted by Crippen LogP contribution is 2.38. The Bertz CT molecular complexity index is 1540. The molecule has 1 aromatic heterocycles. The van der Waals surface area contributed by atoms with Crippen molar-refractivity contribution >= 4 is 40.1 Å². The second kappa shape index (κ2) is 13.6. The predicted octanol–water partition coefficient (Wildman–Crippen LogP) is 7.35. The molecule has 0 bridgehead atoms. The average molecular weight is 669 g/mol. The van der Waals surface area contributed by atoms with Gasteiger partial charge in [0.15, 0.2) is 5.11 Å². The van der Waals surface area contributed by atoms with Gasteiger partial charge < -0.3 is 25.2 Å². The largest absolute Gasteiger partial charge is 0.489 e. The molecule has 3 aromatic rings. The molecular weight excluding hydrogens is 638 g/mol. The molecule has 5 rings (SSSR count). The van der Waals surface area contributed by atoms with Crippen LogP contribution in [0.25, 0.3) is 0 Å². The fourth-order valence-electron chi connectivity index (χ4n) is 5.52. The lowest BCUT2D eigenvalue weighted by Gasteiger charge is -2.37. The lowest BCUT2D eigenvalue weighted by Crippen LogP contribution is -2.50. The monoisotopic (exact) mass is 668 g/mol. The van der Waals surface area contributed by atoms with Gasteiger partial charge >= 0.3 is 12.4 Å².